The summed E-state index contributed by atoms with van der Waals surface area (Å²) in [6.45, 7) is 0. The molecule has 3 rings (SSSR count). The minimum absolute atomic E-state index is 0.0191. The molecule has 3 aromatic rings. The van der Waals surface area contributed by atoms with E-state index in [9.17, 15) is 18.3 Å². The Kier molecular flexibility index (Phi) is 6.77. The molecule has 0 aliphatic carbocycles. The number of para-hydroxylation sites is 1. The fraction of sp³-hybridized carbons (Fsp3) is 0.136. The van der Waals surface area contributed by atoms with E-state index in [2.05, 4.69) is 0 Å². The molecule has 0 unspecified atom stereocenters. The van der Waals surface area contributed by atoms with E-state index in [4.69, 9.17) is 16.3 Å². The molecule has 0 fully saturated rings. The molecule has 0 heterocycles. The fourth-order valence-electron chi connectivity index (χ4n) is 2.93. The molecule has 1 atom stereocenters. The molecule has 1 N–H and O–H groups in total. The van der Waals surface area contributed by atoms with E-state index in [0.29, 0.717) is 22.1 Å². The van der Waals surface area contributed by atoms with Crippen molar-refractivity contribution in [2.75, 3.05) is 7.05 Å². The smallest absolute Gasteiger partial charge is 0.322 e. The normalized spacial score (nSPS) is 12.5. The zero-order valence-electron chi connectivity index (χ0n) is 16.1. The number of hydrogen-bond donors (Lipinski definition) is 1. The van der Waals surface area contributed by atoms with Crippen molar-refractivity contribution < 1.29 is 23.1 Å². The number of likely N-dealkylation sites (N-methyl/N-ethyl adjacent to an activating group) is 1. The Hall–Kier alpha value is -2.87. The number of hydrogen-bond acceptors (Lipinski definition) is 4. The number of ether oxygens (including phenoxy) is 1. The molecular weight excluding hydrogens is 426 g/mol. The number of carboxylic acids is 1. The van der Waals surface area contributed by atoms with Crippen LogP contribution in [0, 0.1) is 0 Å². The van der Waals surface area contributed by atoms with Gasteiger partial charge in [-0.2, -0.15) is 4.31 Å². The summed E-state index contributed by atoms with van der Waals surface area (Å²) in [7, 11) is -2.75. The zero-order valence-corrected chi connectivity index (χ0v) is 17.7. The Morgan fingerprint density at radius 2 is 1.63 bits per heavy atom. The van der Waals surface area contributed by atoms with E-state index in [0.717, 1.165) is 4.31 Å². The number of benzene rings is 3. The topological polar surface area (TPSA) is 83.9 Å². The number of aliphatic carboxylic acids is 1. The van der Waals surface area contributed by atoms with Crippen molar-refractivity contribution in [2.24, 2.45) is 0 Å². The molecule has 0 radical (unpaired) electrons. The van der Waals surface area contributed by atoms with E-state index in [1.165, 1.54) is 19.2 Å². The molecule has 6 nitrogen and oxygen atoms in total. The Balaban J connectivity index is 1.94. The Labute approximate surface area is 180 Å². The quantitative estimate of drug-likeness (QED) is 0.553. The number of sulfonamides is 1. The van der Waals surface area contributed by atoms with Gasteiger partial charge in [0.25, 0.3) is 0 Å². The molecule has 0 saturated carbocycles. The van der Waals surface area contributed by atoms with Gasteiger partial charge in [0.05, 0.1) is 4.90 Å². The molecule has 8 heteroatoms. The van der Waals surface area contributed by atoms with Crippen LogP contribution in [0.2, 0.25) is 5.02 Å². The third-order valence-electron chi connectivity index (χ3n) is 4.55. The second kappa shape index (κ2) is 9.30. The van der Waals surface area contributed by atoms with Gasteiger partial charge in [0.1, 0.15) is 17.5 Å². The van der Waals surface area contributed by atoms with Gasteiger partial charge in [0.15, 0.2) is 0 Å². The van der Waals surface area contributed by atoms with E-state index >= 15 is 0 Å². The maximum atomic E-state index is 12.9. The van der Waals surface area contributed by atoms with Crippen molar-refractivity contribution >= 4 is 27.6 Å². The van der Waals surface area contributed by atoms with Crippen molar-refractivity contribution in [1.29, 1.82) is 0 Å². The van der Waals surface area contributed by atoms with Gasteiger partial charge in [-0.05, 0) is 48.0 Å². The highest BCUT2D eigenvalue weighted by Gasteiger charge is 2.33. The average Bonchev–Trinajstić information content (AvgIpc) is 2.74. The predicted molar refractivity (Wildman–Crippen MR) is 114 cm³/mol. The summed E-state index contributed by atoms with van der Waals surface area (Å²) >= 11 is 6.11. The molecule has 0 amide bonds. The Morgan fingerprint density at radius 1 is 1.03 bits per heavy atom. The first-order valence-corrected chi connectivity index (χ1v) is 10.9. The van der Waals surface area contributed by atoms with Gasteiger partial charge >= 0.3 is 5.97 Å². The second-order valence-electron chi connectivity index (χ2n) is 6.56. The zero-order chi connectivity index (χ0) is 21.7. The third-order valence-corrected chi connectivity index (χ3v) is 6.67. The summed E-state index contributed by atoms with van der Waals surface area (Å²) < 4.78 is 32.6. The lowest BCUT2D eigenvalue weighted by molar-refractivity contribution is -0.141. The van der Waals surface area contributed by atoms with Gasteiger partial charge in [-0.15, -0.1) is 0 Å². The van der Waals surface area contributed by atoms with E-state index in [1.807, 2.05) is 18.2 Å². The first kappa shape index (κ1) is 21.8. The average molecular weight is 446 g/mol. The van der Waals surface area contributed by atoms with Gasteiger partial charge in [0.2, 0.25) is 10.0 Å². The summed E-state index contributed by atoms with van der Waals surface area (Å²) in [6, 6.07) is 20.2. The van der Waals surface area contributed by atoms with Crippen LogP contribution in [-0.4, -0.2) is 36.9 Å². The number of halogens is 1. The first-order valence-electron chi connectivity index (χ1n) is 9.06. The molecular formula is C22H20ClNO5S. The lowest BCUT2D eigenvalue weighted by atomic mass is 10.0. The number of carbonyl (C=O) groups is 1. The molecule has 0 saturated heterocycles. The molecule has 0 bridgehead atoms. The summed E-state index contributed by atoms with van der Waals surface area (Å²) in [4.78, 5) is 12.0. The van der Waals surface area contributed by atoms with Gasteiger partial charge in [0, 0.05) is 18.5 Å². The highest BCUT2D eigenvalue weighted by atomic mass is 35.5. The SMILES string of the molecule is CN([C@@H](Cc1cc(Cl)ccc1Oc1ccccc1)C(=O)O)S(=O)(=O)c1ccccc1. The highest BCUT2D eigenvalue weighted by Crippen LogP contribution is 2.30. The molecule has 0 aliphatic rings. The van der Waals surface area contributed by atoms with Gasteiger partial charge in [-0.1, -0.05) is 48.0 Å². The van der Waals surface area contributed by atoms with Crippen molar-refractivity contribution in [2.45, 2.75) is 17.4 Å². The highest BCUT2D eigenvalue weighted by molar-refractivity contribution is 7.89. The fourth-order valence-corrected chi connectivity index (χ4v) is 4.46. The van der Waals surface area contributed by atoms with Crippen molar-refractivity contribution in [3.63, 3.8) is 0 Å². The van der Waals surface area contributed by atoms with Gasteiger partial charge in [-0.25, -0.2) is 8.42 Å². The van der Waals surface area contributed by atoms with Crippen molar-refractivity contribution in [3.05, 3.63) is 89.4 Å². The van der Waals surface area contributed by atoms with Crippen LogP contribution in [0.15, 0.2) is 83.8 Å². The molecule has 0 aliphatic heterocycles. The van der Waals surface area contributed by atoms with Crippen molar-refractivity contribution in [1.82, 2.24) is 4.31 Å². The summed E-state index contributed by atoms with van der Waals surface area (Å²) in [6.07, 6.45) is -0.124. The minimum atomic E-state index is -4.01. The van der Waals surface area contributed by atoms with E-state index in [-0.39, 0.29) is 11.3 Å². The summed E-state index contributed by atoms with van der Waals surface area (Å²) in [5.41, 5.74) is 0.480. The molecule has 0 aromatic heterocycles. The monoisotopic (exact) mass is 445 g/mol. The largest absolute Gasteiger partial charge is 0.480 e. The third kappa shape index (κ3) is 4.99. The van der Waals surface area contributed by atoms with Crippen LogP contribution in [0.5, 0.6) is 11.5 Å². The van der Waals surface area contributed by atoms with Crippen LogP contribution in [0.1, 0.15) is 5.56 Å². The van der Waals surface area contributed by atoms with Gasteiger partial charge in [-0.3, -0.25) is 4.79 Å². The molecule has 30 heavy (non-hydrogen) atoms. The maximum absolute atomic E-state index is 12.9. The van der Waals surface area contributed by atoms with Crippen LogP contribution in [0.25, 0.3) is 0 Å². The minimum Gasteiger partial charge on any atom is -0.480 e. The van der Waals surface area contributed by atoms with Crippen LogP contribution < -0.4 is 4.74 Å². The predicted octanol–water partition coefficient (Wildman–Crippen LogP) is 4.45. The van der Waals surface area contributed by atoms with Gasteiger partial charge < -0.3 is 9.84 Å². The molecule has 0 spiro atoms. The number of nitrogens with zero attached hydrogens (tertiary/aromatic N) is 1. The Bertz CT molecular complexity index is 1120. The lowest BCUT2D eigenvalue weighted by Gasteiger charge is -2.25. The van der Waals surface area contributed by atoms with Crippen LogP contribution in [-0.2, 0) is 21.2 Å². The van der Waals surface area contributed by atoms with E-state index < -0.39 is 22.0 Å². The summed E-state index contributed by atoms with van der Waals surface area (Å²) in [5, 5.41) is 10.2. The van der Waals surface area contributed by atoms with Crippen LogP contribution >= 0.6 is 11.6 Å². The van der Waals surface area contributed by atoms with E-state index in [1.54, 1.807) is 48.5 Å². The molecule has 3 aromatic carbocycles. The maximum Gasteiger partial charge on any atom is 0.322 e. The standard InChI is InChI=1S/C22H20ClNO5S/c1-24(30(27,28)19-10-6-3-7-11-19)20(22(25)26)15-16-14-17(23)12-13-21(16)29-18-8-4-2-5-9-18/h2-14,20H,15H2,1H3,(H,25,26)/t20-/m0/s1. The summed E-state index contributed by atoms with van der Waals surface area (Å²) in [5.74, 6) is -0.303. The second-order valence-corrected chi connectivity index (χ2v) is 8.99. The number of carboxylic acid groups (broad SMARTS) is 1. The molecule has 156 valence electrons. The number of rotatable bonds is 8. The van der Waals surface area contributed by atoms with Crippen LogP contribution in [0.4, 0.5) is 0 Å². The van der Waals surface area contributed by atoms with Crippen molar-refractivity contribution in [3.8, 4) is 11.5 Å². The lowest BCUT2D eigenvalue weighted by Crippen LogP contribution is -2.43. The Morgan fingerprint density at radius 3 is 2.23 bits per heavy atom. The first-order chi connectivity index (χ1) is 14.3. The van der Waals surface area contributed by atoms with Crippen LogP contribution in [0.3, 0.4) is 0 Å².